The van der Waals surface area contributed by atoms with Gasteiger partial charge in [-0.25, -0.2) is 0 Å². The van der Waals surface area contributed by atoms with Crippen LogP contribution in [0.15, 0.2) is 24.3 Å². The predicted octanol–water partition coefficient (Wildman–Crippen LogP) is 3.09. The Balaban J connectivity index is 1.93. The summed E-state index contributed by atoms with van der Waals surface area (Å²) in [5.41, 5.74) is 0.691. The third-order valence-corrected chi connectivity index (χ3v) is 3.32. The summed E-state index contributed by atoms with van der Waals surface area (Å²) in [6.07, 6.45) is -0.0503. The third-order valence-electron chi connectivity index (χ3n) is 3.32. The average Bonchev–Trinajstić information content (AvgIpc) is 2.75. The highest BCUT2D eigenvalue weighted by Gasteiger charge is 2.32. The molecule has 0 amide bonds. The van der Waals surface area contributed by atoms with Crippen molar-refractivity contribution in [2.45, 2.75) is 45.3 Å². The first-order chi connectivity index (χ1) is 9.87. The fourth-order valence-corrected chi connectivity index (χ4v) is 2.32. The Hall–Kier alpha value is -1.24. The second kappa shape index (κ2) is 6.68. The molecular weight excluding hydrogens is 280 g/mol. The lowest BCUT2D eigenvalue weighted by Crippen LogP contribution is -2.32. The Labute approximate surface area is 123 Å². The van der Waals surface area contributed by atoms with Crippen LogP contribution in [0.5, 0.6) is 5.75 Å². The van der Waals surface area contributed by atoms with Crippen molar-refractivity contribution in [1.82, 2.24) is 5.32 Å². The van der Waals surface area contributed by atoms with Gasteiger partial charge in [0.15, 0.2) is 5.79 Å². The van der Waals surface area contributed by atoms with Crippen LogP contribution < -0.4 is 10.1 Å². The lowest BCUT2D eigenvalue weighted by Gasteiger charge is -2.21. The van der Waals surface area contributed by atoms with Gasteiger partial charge in [0.25, 0.3) is 0 Å². The minimum Gasteiger partial charge on any atom is -0.434 e. The SMILES string of the molecule is CC(NCC1COC(C)(C)O1)c1ccccc1OC(F)F. The van der Waals surface area contributed by atoms with Crippen molar-refractivity contribution < 1.29 is 23.0 Å². The molecule has 2 atom stereocenters. The maximum Gasteiger partial charge on any atom is 0.387 e. The zero-order valence-corrected chi connectivity index (χ0v) is 12.4. The summed E-state index contributed by atoms with van der Waals surface area (Å²) >= 11 is 0. The van der Waals surface area contributed by atoms with Gasteiger partial charge < -0.3 is 19.5 Å². The topological polar surface area (TPSA) is 39.7 Å². The molecule has 118 valence electrons. The fourth-order valence-electron chi connectivity index (χ4n) is 2.32. The highest BCUT2D eigenvalue weighted by molar-refractivity contribution is 5.35. The fraction of sp³-hybridized carbons (Fsp3) is 0.600. The normalized spacial score (nSPS) is 22.5. The number of para-hydroxylation sites is 1. The van der Waals surface area contributed by atoms with Crippen LogP contribution in [0.1, 0.15) is 32.4 Å². The van der Waals surface area contributed by atoms with Crippen LogP contribution in [0.2, 0.25) is 0 Å². The van der Waals surface area contributed by atoms with Gasteiger partial charge in [0.2, 0.25) is 0 Å². The van der Waals surface area contributed by atoms with Crippen molar-refractivity contribution in [3.05, 3.63) is 29.8 Å². The first kappa shape index (κ1) is 16.1. The van der Waals surface area contributed by atoms with Crippen molar-refractivity contribution in [3.8, 4) is 5.75 Å². The molecule has 2 unspecified atom stereocenters. The van der Waals surface area contributed by atoms with Crippen molar-refractivity contribution in [2.75, 3.05) is 13.2 Å². The van der Waals surface area contributed by atoms with E-state index >= 15 is 0 Å². The quantitative estimate of drug-likeness (QED) is 0.876. The van der Waals surface area contributed by atoms with Gasteiger partial charge in [0, 0.05) is 18.2 Å². The van der Waals surface area contributed by atoms with Crippen LogP contribution in [0, 0.1) is 0 Å². The molecule has 1 fully saturated rings. The molecule has 0 spiro atoms. The summed E-state index contributed by atoms with van der Waals surface area (Å²) in [6.45, 7) is 3.89. The molecule has 1 heterocycles. The Morgan fingerprint density at radius 2 is 2.10 bits per heavy atom. The Kier molecular flexibility index (Phi) is 5.13. The minimum atomic E-state index is -2.83. The van der Waals surface area contributed by atoms with E-state index < -0.39 is 12.4 Å². The van der Waals surface area contributed by atoms with E-state index in [0.29, 0.717) is 18.7 Å². The van der Waals surface area contributed by atoms with Gasteiger partial charge in [-0.05, 0) is 26.8 Å². The highest BCUT2D eigenvalue weighted by Crippen LogP contribution is 2.27. The van der Waals surface area contributed by atoms with Crippen LogP contribution in [-0.4, -0.2) is 31.7 Å². The van der Waals surface area contributed by atoms with Crippen LogP contribution in [0.3, 0.4) is 0 Å². The summed E-state index contributed by atoms with van der Waals surface area (Å²) in [5, 5.41) is 3.26. The number of hydrogen-bond donors (Lipinski definition) is 1. The van der Waals surface area contributed by atoms with E-state index in [1.165, 1.54) is 6.07 Å². The van der Waals surface area contributed by atoms with Gasteiger partial charge in [0.05, 0.1) is 12.7 Å². The maximum atomic E-state index is 12.4. The molecule has 1 aliphatic rings. The molecule has 1 aliphatic heterocycles. The van der Waals surface area contributed by atoms with E-state index in [9.17, 15) is 8.78 Å². The molecule has 1 aromatic carbocycles. The Morgan fingerprint density at radius 1 is 1.38 bits per heavy atom. The van der Waals surface area contributed by atoms with Gasteiger partial charge in [-0.1, -0.05) is 18.2 Å². The van der Waals surface area contributed by atoms with Crippen molar-refractivity contribution in [1.29, 1.82) is 0 Å². The predicted molar refractivity (Wildman–Crippen MR) is 74.4 cm³/mol. The van der Waals surface area contributed by atoms with Crippen LogP contribution in [0.4, 0.5) is 8.78 Å². The summed E-state index contributed by atoms with van der Waals surface area (Å²) in [5.74, 6) is -0.372. The molecule has 0 aliphatic carbocycles. The number of ether oxygens (including phenoxy) is 3. The molecule has 2 rings (SSSR count). The second-order valence-electron chi connectivity index (χ2n) is 5.50. The van der Waals surface area contributed by atoms with Crippen molar-refractivity contribution >= 4 is 0 Å². The number of hydrogen-bond acceptors (Lipinski definition) is 4. The molecule has 0 aromatic heterocycles. The first-order valence-electron chi connectivity index (χ1n) is 6.96. The van der Waals surface area contributed by atoms with E-state index in [0.717, 1.165) is 0 Å². The number of halogens is 2. The number of rotatable bonds is 6. The zero-order valence-electron chi connectivity index (χ0n) is 12.4. The van der Waals surface area contributed by atoms with Crippen LogP contribution in [0.25, 0.3) is 0 Å². The van der Waals surface area contributed by atoms with Crippen LogP contribution in [-0.2, 0) is 9.47 Å². The molecule has 6 heteroatoms. The maximum absolute atomic E-state index is 12.4. The Morgan fingerprint density at radius 3 is 2.71 bits per heavy atom. The van der Waals surface area contributed by atoms with E-state index in [1.807, 2.05) is 20.8 Å². The largest absolute Gasteiger partial charge is 0.434 e. The zero-order chi connectivity index (χ0) is 15.5. The van der Waals surface area contributed by atoms with E-state index in [4.69, 9.17) is 9.47 Å². The van der Waals surface area contributed by atoms with Gasteiger partial charge >= 0.3 is 6.61 Å². The van der Waals surface area contributed by atoms with Gasteiger partial charge in [0.1, 0.15) is 5.75 Å². The molecule has 0 saturated carbocycles. The Bertz CT molecular complexity index is 468. The molecule has 1 aromatic rings. The number of alkyl halides is 2. The van der Waals surface area contributed by atoms with Gasteiger partial charge in [-0.2, -0.15) is 8.78 Å². The standard InChI is InChI=1S/C15H21F2NO3/c1-10(18-8-11-9-19-15(2,3)21-11)12-6-4-5-7-13(12)20-14(16)17/h4-7,10-11,14,18H,8-9H2,1-3H3. The van der Waals surface area contributed by atoms with Crippen molar-refractivity contribution in [2.24, 2.45) is 0 Å². The lowest BCUT2D eigenvalue weighted by atomic mass is 10.1. The van der Waals surface area contributed by atoms with E-state index in [1.54, 1.807) is 18.2 Å². The molecule has 4 nitrogen and oxygen atoms in total. The monoisotopic (exact) mass is 301 g/mol. The smallest absolute Gasteiger partial charge is 0.387 e. The molecule has 0 radical (unpaired) electrons. The molecule has 1 saturated heterocycles. The molecule has 1 N–H and O–H groups in total. The molecule has 21 heavy (non-hydrogen) atoms. The summed E-state index contributed by atoms with van der Waals surface area (Å²) in [6, 6.07) is 6.64. The van der Waals surface area contributed by atoms with Gasteiger partial charge in [-0.15, -0.1) is 0 Å². The van der Waals surface area contributed by atoms with Crippen LogP contribution >= 0.6 is 0 Å². The summed E-state index contributed by atoms with van der Waals surface area (Å²) < 4.78 is 40.5. The average molecular weight is 301 g/mol. The van der Waals surface area contributed by atoms with E-state index in [2.05, 4.69) is 10.1 Å². The minimum absolute atomic E-state index is 0.0503. The highest BCUT2D eigenvalue weighted by atomic mass is 19.3. The first-order valence-corrected chi connectivity index (χ1v) is 6.96. The summed E-state index contributed by atoms with van der Waals surface area (Å²) in [4.78, 5) is 0. The van der Waals surface area contributed by atoms with Gasteiger partial charge in [-0.3, -0.25) is 0 Å². The van der Waals surface area contributed by atoms with Crippen molar-refractivity contribution in [3.63, 3.8) is 0 Å². The van der Waals surface area contributed by atoms with E-state index in [-0.39, 0.29) is 17.9 Å². The molecular formula is C15H21F2NO3. The number of nitrogens with one attached hydrogen (secondary N) is 1. The summed E-state index contributed by atoms with van der Waals surface area (Å²) in [7, 11) is 0. The molecule has 0 bridgehead atoms. The second-order valence-corrected chi connectivity index (χ2v) is 5.50. The lowest BCUT2D eigenvalue weighted by molar-refractivity contribution is -0.137. The third kappa shape index (κ3) is 4.62. The number of benzene rings is 1.